The molecule has 1 N–H and O–H groups in total. The molecule has 0 amide bonds. The summed E-state index contributed by atoms with van der Waals surface area (Å²) in [7, 11) is -4.32. The first-order valence-electron chi connectivity index (χ1n) is 6.06. The van der Waals surface area contributed by atoms with E-state index in [0.29, 0.717) is 12.8 Å². The molecule has 0 aliphatic carbocycles. The van der Waals surface area contributed by atoms with Crippen LogP contribution in [0.1, 0.15) is 17.5 Å². The van der Waals surface area contributed by atoms with Gasteiger partial charge in [0.1, 0.15) is 0 Å². The molecule has 0 aromatic heterocycles. The molecule has 0 atom stereocenters. The van der Waals surface area contributed by atoms with Gasteiger partial charge in [0.25, 0.3) is 0 Å². The third kappa shape index (κ3) is 4.02. The van der Waals surface area contributed by atoms with Crippen molar-refractivity contribution in [3.63, 3.8) is 0 Å². The monoisotopic (exact) mass is 280 g/mol. The molecule has 0 unspecified atom stereocenters. The summed E-state index contributed by atoms with van der Waals surface area (Å²) < 4.78 is 33.5. The van der Waals surface area contributed by atoms with Crippen molar-refractivity contribution in [1.29, 1.82) is 0 Å². The van der Waals surface area contributed by atoms with Gasteiger partial charge in [-0.1, -0.05) is 36.4 Å². The highest BCUT2D eigenvalue weighted by Gasteiger charge is 2.04. The van der Waals surface area contributed by atoms with Crippen LogP contribution in [0.25, 0.3) is 10.8 Å². The van der Waals surface area contributed by atoms with Gasteiger partial charge in [-0.15, -0.1) is 0 Å². The molecule has 2 aromatic rings. The average molecular weight is 280 g/mol. The SMILES string of the molecule is Cc1cccc2cc(CCCOS(=O)(=O)O)ccc12. The predicted octanol–water partition coefficient (Wildman–Crippen LogP) is 2.90. The van der Waals surface area contributed by atoms with Crippen LogP contribution in [0.15, 0.2) is 36.4 Å². The minimum atomic E-state index is -4.32. The van der Waals surface area contributed by atoms with Crippen molar-refractivity contribution in [3.05, 3.63) is 47.5 Å². The Labute approximate surface area is 113 Å². The fourth-order valence-electron chi connectivity index (χ4n) is 2.09. The van der Waals surface area contributed by atoms with E-state index in [0.717, 1.165) is 5.56 Å². The van der Waals surface area contributed by atoms with Crippen LogP contribution in [0.2, 0.25) is 0 Å². The predicted molar refractivity (Wildman–Crippen MR) is 74.5 cm³/mol. The van der Waals surface area contributed by atoms with Gasteiger partial charge in [-0.2, -0.15) is 8.42 Å². The Morgan fingerprint density at radius 3 is 2.74 bits per heavy atom. The minimum Gasteiger partial charge on any atom is -0.264 e. The fraction of sp³-hybridized carbons (Fsp3) is 0.286. The highest BCUT2D eigenvalue weighted by Crippen LogP contribution is 2.20. The van der Waals surface area contributed by atoms with Crippen molar-refractivity contribution >= 4 is 21.2 Å². The molecule has 19 heavy (non-hydrogen) atoms. The van der Waals surface area contributed by atoms with Gasteiger partial charge in [0.05, 0.1) is 6.61 Å². The molecule has 0 bridgehead atoms. The van der Waals surface area contributed by atoms with Crippen LogP contribution in [0.5, 0.6) is 0 Å². The summed E-state index contributed by atoms with van der Waals surface area (Å²) in [6.07, 6.45) is 1.25. The highest BCUT2D eigenvalue weighted by atomic mass is 32.3. The number of aryl methyl sites for hydroxylation is 2. The number of rotatable bonds is 5. The van der Waals surface area contributed by atoms with E-state index in [1.54, 1.807) is 0 Å². The summed E-state index contributed by atoms with van der Waals surface area (Å²) in [5.74, 6) is 0. The van der Waals surface area contributed by atoms with Crippen molar-refractivity contribution in [2.75, 3.05) is 6.61 Å². The van der Waals surface area contributed by atoms with Crippen LogP contribution >= 0.6 is 0 Å². The Kier molecular flexibility index (Phi) is 4.19. The molecule has 0 fully saturated rings. The first-order chi connectivity index (χ1) is 8.96. The molecule has 0 aliphatic rings. The maximum atomic E-state index is 10.4. The lowest BCUT2D eigenvalue weighted by molar-refractivity contribution is 0.265. The van der Waals surface area contributed by atoms with Gasteiger partial charge in [0, 0.05) is 0 Å². The average Bonchev–Trinajstić information content (AvgIpc) is 2.34. The molecule has 0 spiro atoms. The third-order valence-electron chi connectivity index (χ3n) is 3.00. The molecule has 2 aromatic carbocycles. The number of hydrogen-bond acceptors (Lipinski definition) is 3. The quantitative estimate of drug-likeness (QED) is 0.675. The standard InChI is InChI=1S/C14H16O4S/c1-11-4-2-6-13-10-12(7-8-14(11)13)5-3-9-18-19(15,16)17/h2,4,6-8,10H,3,5,9H2,1H3,(H,15,16,17). The summed E-state index contributed by atoms with van der Waals surface area (Å²) in [4.78, 5) is 0. The van der Waals surface area contributed by atoms with Gasteiger partial charge in [-0.05, 0) is 41.7 Å². The van der Waals surface area contributed by atoms with E-state index in [1.807, 2.05) is 12.1 Å². The van der Waals surface area contributed by atoms with Crippen LogP contribution in [-0.2, 0) is 21.0 Å². The maximum absolute atomic E-state index is 10.4. The zero-order chi connectivity index (χ0) is 13.9. The molecular formula is C14H16O4S. The van der Waals surface area contributed by atoms with Crippen molar-refractivity contribution in [3.8, 4) is 0 Å². The second kappa shape index (κ2) is 5.69. The first kappa shape index (κ1) is 14.0. The van der Waals surface area contributed by atoms with Gasteiger partial charge < -0.3 is 0 Å². The van der Waals surface area contributed by atoms with Crippen LogP contribution in [0, 0.1) is 6.92 Å². The smallest absolute Gasteiger partial charge is 0.264 e. The molecule has 0 saturated heterocycles. The summed E-state index contributed by atoms with van der Waals surface area (Å²) >= 11 is 0. The summed E-state index contributed by atoms with van der Waals surface area (Å²) in [5.41, 5.74) is 2.36. The summed E-state index contributed by atoms with van der Waals surface area (Å²) in [6, 6.07) is 12.3. The topological polar surface area (TPSA) is 63.6 Å². The highest BCUT2D eigenvalue weighted by molar-refractivity contribution is 7.80. The molecule has 2 rings (SSSR count). The molecule has 0 heterocycles. The summed E-state index contributed by atoms with van der Waals surface area (Å²) in [6.45, 7) is 2.06. The molecule has 102 valence electrons. The van der Waals surface area contributed by atoms with E-state index < -0.39 is 10.4 Å². The Hall–Kier alpha value is -1.43. The second-order valence-corrected chi connectivity index (χ2v) is 5.57. The van der Waals surface area contributed by atoms with Crippen molar-refractivity contribution in [2.24, 2.45) is 0 Å². The normalized spacial score (nSPS) is 11.9. The maximum Gasteiger partial charge on any atom is 0.397 e. The molecule has 0 aliphatic heterocycles. The van der Waals surface area contributed by atoms with Gasteiger partial charge in [-0.25, -0.2) is 4.18 Å². The summed E-state index contributed by atoms with van der Waals surface area (Å²) in [5, 5.41) is 2.40. The van der Waals surface area contributed by atoms with Crippen molar-refractivity contribution < 1.29 is 17.2 Å². The molecule has 0 saturated carbocycles. The van der Waals surface area contributed by atoms with Crippen LogP contribution < -0.4 is 0 Å². The van der Waals surface area contributed by atoms with Gasteiger partial charge in [0.2, 0.25) is 0 Å². The van der Waals surface area contributed by atoms with E-state index in [9.17, 15) is 8.42 Å². The zero-order valence-corrected chi connectivity index (χ0v) is 11.5. The van der Waals surface area contributed by atoms with E-state index in [4.69, 9.17) is 4.55 Å². The van der Waals surface area contributed by atoms with E-state index >= 15 is 0 Å². The number of hydrogen-bond donors (Lipinski definition) is 1. The van der Waals surface area contributed by atoms with Crippen LogP contribution in [-0.4, -0.2) is 19.6 Å². The number of fused-ring (bicyclic) bond motifs is 1. The molecule has 5 heteroatoms. The van der Waals surface area contributed by atoms with Crippen molar-refractivity contribution in [2.45, 2.75) is 19.8 Å². The van der Waals surface area contributed by atoms with E-state index in [-0.39, 0.29) is 6.61 Å². The Balaban J connectivity index is 2.02. The van der Waals surface area contributed by atoms with Gasteiger partial charge >= 0.3 is 10.4 Å². The molecular weight excluding hydrogens is 264 g/mol. The zero-order valence-electron chi connectivity index (χ0n) is 10.7. The largest absolute Gasteiger partial charge is 0.397 e. The Morgan fingerprint density at radius 2 is 2.00 bits per heavy atom. The molecule has 0 radical (unpaired) electrons. The van der Waals surface area contributed by atoms with E-state index in [1.165, 1.54) is 16.3 Å². The van der Waals surface area contributed by atoms with Crippen LogP contribution in [0.4, 0.5) is 0 Å². The lowest BCUT2D eigenvalue weighted by Crippen LogP contribution is -2.05. The fourth-order valence-corrected chi connectivity index (χ4v) is 2.42. The lowest BCUT2D eigenvalue weighted by atomic mass is 10.0. The minimum absolute atomic E-state index is 0.00924. The third-order valence-corrected chi connectivity index (χ3v) is 3.47. The first-order valence-corrected chi connectivity index (χ1v) is 7.42. The van der Waals surface area contributed by atoms with Crippen molar-refractivity contribution in [1.82, 2.24) is 0 Å². The van der Waals surface area contributed by atoms with E-state index in [2.05, 4.69) is 35.4 Å². The number of benzene rings is 2. The lowest BCUT2D eigenvalue weighted by Gasteiger charge is -2.05. The Bertz CT molecular complexity index is 677. The van der Waals surface area contributed by atoms with Crippen LogP contribution in [0.3, 0.4) is 0 Å². The second-order valence-electron chi connectivity index (χ2n) is 4.48. The Morgan fingerprint density at radius 1 is 1.21 bits per heavy atom. The van der Waals surface area contributed by atoms with Gasteiger partial charge in [-0.3, -0.25) is 4.55 Å². The molecule has 4 nitrogen and oxygen atoms in total. The van der Waals surface area contributed by atoms with Gasteiger partial charge in [0.15, 0.2) is 0 Å².